The van der Waals surface area contributed by atoms with Crippen LogP contribution in [0, 0.1) is 0 Å². The quantitative estimate of drug-likeness (QED) is 0.849. The molecule has 1 saturated heterocycles. The van der Waals surface area contributed by atoms with Crippen LogP contribution in [0.25, 0.3) is 0 Å². The van der Waals surface area contributed by atoms with E-state index in [0.717, 1.165) is 32.4 Å². The van der Waals surface area contributed by atoms with Gasteiger partial charge in [-0.05, 0) is 31.9 Å². The van der Waals surface area contributed by atoms with Crippen molar-refractivity contribution in [3.63, 3.8) is 0 Å². The number of nitrogens with zero attached hydrogens (tertiary/aromatic N) is 1. The lowest BCUT2D eigenvalue weighted by atomic mass is 9.81. The van der Waals surface area contributed by atoms with Gasteiger partial charge in [0.05, 0.1) is 6.61 Å². The zero-order chi connectivity index (χ0) is 14.4. The van der Waals surface area contributed by atoms with Gasteiger partial charge in [0.1, 0.15) is 0 Å². The predicted octanol–water partition coefficient (Wildman–Crippen LogP) is 1.19. The Hall–Kier alpha value is -1.39. The first kappa shape index (κ1) is 15.0. The minimum atomic E-state index is -0.167. The molecule has 1 amide bonds. The van der Waals surface area contributed by atoms with E-state index in [2.05, 4.69) is 29.4 Å². The first-order chi connectivity index (χ1) is 9.63. The number of amides is 1. The highest BCUT2D eigenvalue weighted by atomic mass is 16.3. The molecular weight excluding hydrogens is 252 g/mol. The summed E-state index contributed by atoms with van der Waals surface area (Å²) in [5.41, 5.74) is 1.08. The van der Waals surface area contributed by atoms with Crippen LogP contribution in [0.1, 0.15) is 24.8 Å². The Morgan fingerprint density at radius 1 is 1.30 bits per heavy atom. The molecule has 0 aliphatic carbocycles. The molecule has 20 heavy (non-hydrogen) atoms. The molecule has 0 atom stereocenters. The third-order valence-electron chi connectivity index (χ3n) is 4.07. The summed E-state index contributed by atoms with van der Waals surface area (Å²) >= 11 is 0. The number of rotatable bonds is 5. The normalized spacial score (nSPS) is 18.7. The summed E-state index contributed by atoms with van der Waals surface area (Å²) in [5, 5.41) is 12.1. The second-order valence-corrected chi connectivity index (χ2v) is 5.77. The maximum Gasteiger partial charge on any atom is 0.222 e. The summed E-state index contributed by atoms with van der Waals surface area (Å²) < 4.78 is 0. The third-order valence-corrected chi connectivity index (χ3v) is 4.07. The summed E-state index contributed by atoms with van der Waals surface area (Å²) in [6.07, 6.45) is 2.95. The molecule has 1 aliphatic rings. The zero-order valence-electron chi connectivity index (χ0n) is 12.1. The van der Waals surface area contributed by atoms with Gasteiger partial charge in [-0.25, -0.2) is 0 Å². The molecular formula is C16H24N2O2. The van der Waals surface area contributed by atoms with E-state index in [1.54, 1.807) is 0 Å². The molecule has 1 aromatic carbocycles. The van der Waals surface area contributed by atoms with Crippen molar-refractivity contribution in [2.24, 2.45) is 0 Å². The lowest BCUT2D eigenvalue weighted by molar-refractivity contribution is -0.124. The molecule has 4 nitrogen and oxygen atoms in total. The number of benzene rings is 1. The highest BCUT2D eigenvalue weighted by molar-refractivity contribution is 5.77. The highest BCUT2D eigenvalue weighted by Crippen LogP contribution is 2.26. The molecule has 4 heteroatoms. The van der Waals surface area contributed by atoms with Crippen molar-refractivity contribution in [1.29, 1.82) is 0 Å². The molecule has 1 heterocycles. The fourth-order valence-corrected chi connectivity index (χ4v) is 2.84. The molecule has 110 valence electrons. The number of aliphatic hydroxyl groups excluding tert-OH is 1. The van der Waals surface area contributed by atoms with Gasteiger partial charge < -0.3 is 15.3 Å². The Bertz CT molecular complexity index is 425. The van der Waals surface area contributed by atoms with Gasteiger partial charge in [-0.1, -0.05) is 30.3 Å². The minimum absolute atomic E-state index is 0.0482. The highest BCUT2D eigenvalue weighted by Gasteiger charge is 2.34. The van der Waals surface area contributed by atoms with Crippen LogP contribution >= 0.6 is 0 Å². The second-order valence-electron chi connectivity index (χ2n) is 5.77. The lowest BCUT2D eigenvalue weighted by Crippen LogP contribution is -2.56. The van der Waals surface area contributed by atoms with Crippen LogP contribution in [0.2, 0.25) is 0 Å². The van der Waals surface area contributed by atoms with Crippen molar-refractivity contribution in [2.75, 3.05) is 26.7 Å². The van der Waals surface area contributed by atoms with E-state index >= 15 is 0 Å². The van der Waals surface area contributed by atoms with Gasteiger partial charge in [-0.15, -0.1) is 0 Å². The molecule has 1 fully saturated rings. The van der Waals surface area contributed by atoms with Crippen LogP contribution in [0.5, 0.6) is 0 Å². The molecule has 0 saturated carbocycles. The van der Waals surface area contributed by atoms with Crippen molar-refractivity contribution in [2.45, 2.75) is 31.2 Å². The van der Waals surface area contributed by atoms with Gasteiger partial charge >= 0.3 is 0 Å². The third kappa shape index (κ3) is 4.05. The second kappa shape index (κ2) is 6.86. The standard InChI is InChI=1S/C16H24N2O2/c1-18-10-8-16(9-11-18,17-15(20)7-12-19)13-14-5-3-2-4-6-14/h2-6,19H,7-13H2,1H3,(H,17,20). The first-order valence-corrected chi connectivity index (χ1v) is 7.28. The average Bonchev–Trinajstić information content (AvgIpc) is 2.44. The van der Waals surface area contributed by atoms with Crippen molar-refractivity contribution in [3.05, 3.63) is 35.9 Å². The molecule has 1 aliphatic heterocycles. The summed E-state index contributed by atoms with van der Waals surface area (Å²) in [4.78, 5) is 14.2. The van der Waals surface area contributed by atoms with Crippen LogP contribution in [0.3, 0.4) is 0 Å². The predicted molar refractivity (Wildman–Crippen MR) is 79.5 cm³/mol. The van der Waals surface area contributed by atoms with Crippen LogP contribution in [-0.4, -0.2) is 48.2 Å². The Kier molecular flexibility index (Phi) is 5.15. The molecule has 0 radical (unpaired) electrons. The fraction of sp³-hybridized carbons (Fsp3) is 0.562. The lowest BCUT2D eigenvalue weighted by Gasteiger charge is -2.41. The monoisotopic (exact) mass is 276 g/mol. The maximum atomic E-state index is 11.9. The molecule has 0 aromatic heterocycles. The van der Waals surface area contributed by atoms with E-state index in [1.807, 2.05) is 18.2 Å². The maximum absolute atomic E-state index is 11.9. The number of nitrogens with one attached hydrogen (secondary N) is 1. The van der Waals surface area contributed by atoms with Gasteiger partial charge in [0.25, 0.3) is 0 Å². The van der Waals surface area contributed by atoms with Crippen molar-refractivity contribution in [3.8, 4) is 0 Å². The molecule has 2 rings (SSSR count). The molecule has 0 unspecified atom stereocenters. The van der Waals surface area contributed by atoms with Crippen molar-refractivity contribution >= 4 is 5.91 Å². The molecule has 0 bridgehead atoms. The fourth-order valence-electron chi connectivity index (χ4n) is 2.84. The smallest absolute Gasteiger partial charge is 0.222 e. The van der Waals surface area contributed by atoms with Crippen LogP contribution in [0.4, 0.5) is 0 Å². The van der Waals surface area contributed by atoms with Gasteiger partial charge in [-0.3, -0.25) is 4.79 Å². The Balaban J connectivity index is 2.09. The first-order valence-electron chi connectivity index (χ1n) is 7.28. The minimum Gasteiger partial charge on any atom is -0.396 e. The van der Waals surface area contributed by atoms with Crippen LogP contribution in [0.15, 0.2) is 30.3 Å². The average molecular weight is 276 g/mol. The Labute approximate surface area is 120 Å². The zero-order valence-corrected chi connectivity index (χ0v) is 12.1. The van der Waals surface area contributed by atoms with E-state index < -0.39 is 0 Å². The number of hydrogen-bond donors (Lipinski definition) is 2. The molecule has 2 N–H and O–H groups in total. The van der Waals surface area contributed by atoms with Gasteiger partial charge in [-0.2, -0.15) is 0 Å². The van der Waals surface area contributed by atoms with Crippen molar-refractivity contribution < 1.29 is 9.90 Å². The van der Waals surface area contributed by atoms with E-state index in [9.17, 15) is 4.79 Å². The summed E-state index contributed by atoms with van der Waals surface area (Å²) in [7, 11) is 2.11. The number of likely N-dealkylation sites (tertiary alicyclic amines) is 1. The van der Waals surface area contributed by atoms with E-state index in [0.29, 0.717) is 0 Å². The van der Waals surface area contributed by atoms with E-state index in [1.165, 1.54) is 5.56 Å². The van der Waals surface area contributed by atoms with Crippen molar-refractivity contribution in [1.82, 2.24) is 10.2 Å². The summed E-state index contributed by atoms with van der Waals surface area (Å²) in [6.45, 7) is 1.89. The topological polar surface area (TPSA) is 52.6 Å². The van der Waals surface area contributed by atoms with E-state index in [-0.39, 0.29) is 24.5 Å². The number of carbonyl (C=O) groups excluding carboxylic acids is 1. The van der Waals surface area contributed by atoms with Gasteiger partial charge in [0.2, 0.25) is 5.91 Å². The SMILES string of the molecule is CN1CCC(Cc2ccccc2)(NC(=O)CCO)CC1. The Morgan fingerprint density at radius 2 is 1.95 bits per heavy atom. The van der Waals surface area contributed by atoms with E-state index in [4.69, 9.17) is 5.11 Å². The Morgan fingerprint density at radius 3 is 2.55 bits per heavy atom. The van der Waals surface area contributed by atoms with Gasteiger partial charge in [0.15, 0.2) is 0 Å². The summed E-state index contributed by atoms with van der Waals surface area (Å²) in [6, 6.07) is 10.3. The number of aliphatic hydroxyl groups is 1. The van der Waals surface area contributed by atoms with Gasteiger partial charge in [0, 0.05) is 25.0 Å². The van der Waals surface area contributed by atoms with Crippen LogP contribution < -0.4 is 5.32 Å². The molecule has 0 spiro atoms. The number of hydrogen-bond acceptors (Lipinski definition) is 3. The van der Waals surface area contributed by atoms with Crippen LogP contribution in [-0.2, 0) is 11.2 Å². The summed E-state index contributed by atoms with van der Waals surface area (Å²) in [5.74, 6) is -0.0482. The largest absolute Gasteiger partial charge is 0.396 e. The molecule has 1 aromatic rings. The number of carbonyl (C=O) groups is 1. The number of piperidine rings is 1.